The van der Waals surface area contributed by atoms with Crippen molar-refractivity contribution in [3.8, 4) is 23.0 Å². The minimum Gasteiger partial charge on any atom is -0.470 e. The van der Waals surface area contributed by atoms with E-state index in [4.69, 9.17) is 15.2 Å². The number of anilines is 1. The number of nitrogen functional groups attached to an aromatic ring is 1. The van der Waals surface area contributed by atoms with Crippen molar-refractivity contribution < 1.29 is 14.6 Å². The first kappa shape index (κ1) is 19.3. The van der Waals surface area contributed by atoms with Crippen LogP contribution in [0.25, 0.3) is 11.1 Å². The molecule has 11 heteroatoms. The zero-order valence-electron chi connectivity index (χ0n) is 13.6. The first-order valence-electron chi connectivity index (χ1n) is 7.53. The van der Waals surface area contributed by atoms with Gasteiger partial charge in [-0.05, 0) is 33.6 Å². The summed E-state index contributed by atoms with van der Waals surface area (Å²) in [4.78, 5) is 25.7. The van der Waals surface area contributed by atoms with E-state index >= 15 is 0 Å². The molecule has 0 saturated heterocycles. The number of H-pyrrole nitrogens is 1. The molecule has 0 spiro atoms. The van der Waals surface area contributed by atoms with Gasteiger partial charge in [-0.15, -0.1) is 0 Å². The first-order chi connectivity index (χ1) is 12.9. The summed E-state index contributed by atoms with van der Waals surface area (Å²) in [5.41, 5.74) is 6.34. The number of nitrogens with zero attached hydrogens (tertiary/aromatic N) is 3. The van der Waals surface area contributed by atoms with E-state index in [9.17, 15) is 9.90 Å². The number of aliphatic hydroxyl groups is 1. The Hall–Kier alpha value is -2.50. The van der Waals surface area contributed by atoms with Crippen molar-refractivity contribution in [2.24, 2.45) is 0 Å². The molecule has 4 N–H and O–H groups in total. The molecule has 0 aliphatic carbocycles. The predicted molar refractivity (Wildman–Crippen MR) is 104 cm³/mol. The van der Waals surface area contributed by atoms with Crippen molar-refractivity contribution in [2.45, 2.75) is 6.29 Å². The van der Waals surface area contributed by atoms with Crippen LogP contribution in [0.2, 0.25) is 0 Å². The minimum absolute atomic E-state index is 0.0270. The summed E-state index contributed by atoms with van der Waals surface area (Å²) in [6.45, 7) is -0.321. The van der Waals surface area contributed by atoms with E-state index in [0.717, 1.165) is 4.47 Å². The van der Waals surface area contributed by atoms with Gasteiger partial charge in [0.15, 0.2) is 6.61 Å². The Morgan fingerprint density at radius 1 is 1.15 bits per heavy atom. The van der Waals surface area contributed by atoms with Crippen molar-refractivity contribution in [2.75, 3.05) is 12.3 Å². The van der Waals surface area contributed by atoms with Crippen LogP contribution in [-0.4, -0.2) is 37.9 Å². The summed E-state index contributed by atoms with van der Waals surface area (Å²) in [5, 5.41) is 9.98. The Kier molecular flexibility index (Phi) is 6.04. The Balaban J connectivity index is 1.78. The van der Waals surface area contributed by atoms with Gasteiger partial charge in [-0.1, -0.05) is 28.1 Å². The summed E-state index contributed by atoms with van der Waals surface area (Å²) >= 11 is 6.55. The Bertz CT molecular complexity index is 980. The quantitative estimate of drug-likeness (QED) is 0.439. The van der Waals surface area contributed by atoms with Crippen LogP contribution in [0.1, 0.15) is 0 Å². The van der Waals surface area contributed by atoms with Gasteiger partial charge in [0.25, 0.3) is 0 Å². The normalized spacial score (nSPS) is 11.8. The summed E-state index contributed by atoms with van der Waals surface area (Å²) < 4.78 is 12.2. The maximum atomic E-state index is 11.7. The van der Waals surface area contributed by atoms with Crippen molar-refractivity contribution in [1.29, 1.82) is 0 Å². The Morgan fingerprint density at radius 2 is 1.81 bits per heavy atom. The molecule has 0 aliphatic rings. The minimum atomic E-state index is -1.38. The molecule has 1 aromatic carbocycles. The Labute approximate surface area is 169 Å². The van der Waals surface area contributed by atoms with E-state index in [0.29, 0.717) is 15.6 Å². The maximum Gasteiger partial charge on any atom is 0.349 e. The molecule has 27 heavy (non-hydrogen) atoms. The number of nitrogens with one attached hydrogen (secondary N) is 1. The van der Waals surface area contributed by atoms with Crippen LogP contribution in [-0.2, 0) is 0 Å². The Morgan fingerprint density at radius 3 is 2.48 bits per heavy atom. The van der Waals surface area contributed by atoms with E-state index in [1.54, 1.807) is 12.1 Å². The van der Waals surface area contributed by atoms with Gasteiger partial charge in [-0.2, -0.15) is 4.98 Å². The number of halogens is 2. The van der Waals surface area contributed by atoms with Crippen molar-refractivity contribution in [1.82, 2.24) is 19.9 Å². The molecular weight excluding hydrogens is 486 g/mol. The molecule has 0 amide bonds. The second kappa shape index (κ2) is 8.46. The lowest BCUT2D eigenvalue weighted by molar-refractivity contribution is -0.0541. The predicted octanol–water partition coefficient (Wildman–Crippen LogP) is 2.11. The lowest BCUT2D eigenvalue weighted by atomic mass is 10.1. The molecule has 0 bridgehead atoms. The highest BCUT2D eigenvalue weighted by Crippen LogP contribution is 2.32. The number of hydrogen-bond acceptors (Lipinski definition) is 8. The van der Waals surface area contributed by atoms with Gasteiger partial charge in [0.05, 0.1) is 10.0 Å². The van der Waals surface area contributed by atoms with E-state index in [1.165, 1.54) is 12.4 Å². The van der Waals surface area contributed by atoms with Gasteiger partial charge >= 0.3 is 11.7 Å². The highest BCUT2D eigenvalue weighted by molar-refractivity contribution is 9.10. The monoisotopic (exact) mass is 497 g/mol. The van der Waals surface area contributed by atoms with Gasteiger partial charge in [0.1, 0.15) is 5.82 Å². The van der Waals surface area contributed by atoms with E-state index in [1.807, 2.05) is 12.1 Å². The third kappa shape index (κ3) is 5.02. The third-order valence-electron chi connectivity index (χ3n) is 3.26. The molecule has 3 aromatic rings. The molecule has 3 rings (SSSR count). The first-order valence-corrected chi connectivity index (χ1v) is 9.12. The fourth-order valence-electron chi connectivity index (χ4n) is 2.14. The largest absolute Gasteiger partial charge is 0.470 e. The van der Waals surface area contributed by atoms with Crippen LogP contribution in [0.3, 0.4) is 0 Å². The topological polar surface area (TPSA) is 136 Å². The average molecular weight is 499 g/mol. The van der Waals surface area contributed by atoms with Crippen molar-refractivity contribution in [3.63, 3.8) is 0 Å². The SMILES string of the molecule is Nc1[nH]c(=O)nc(OCC(O)Oc2ncc(Br)cn2)c1-c1ccc(Br)cc1. The summed E-state index contributed by atoms with van der Waals surface area (Å²) in [6.07, 6.45) is 1.56. The molecule has 9 nitrogen and oxygen atoms in total. The molecule has 1 atom stereocenters. The van der Waals surface area contributed by atoms with Crippen LogP contribution < -0.4 is 20.9 Å². The number of hydrogen-bond donors (Lipinski definition) is 3. The summed E-state index contributed by atoms with van der Waals surface area (Å²) in [5.74, 6) is 0.0666. The van der Waals surface area contributed by atoms with Gasteiger partial charge in [-0.25, -0.2) is 14.8 Å². The standard InChI is InChI=1S/C16H13Br2N5O4/c17-9-3-1-8(2-4-9)12-13(19)22-15(25)23-14(12)26-7-11(24)27-16-20-5-10(18)6-21-16/h1-6,11,24H,7H2,(H3,19,22,23,25). The highest BCUT2D eigenvalue weighted by Gasteiger charge is 2.17. The molecule has 0 fully saturated rings. The molecule has 0 aliphatic heterocycles. The van der Waals surface area contributed by atoms with Gasteiger partial charge in [-0.3, -0.25) is 4.98 Å². The van der Waals surface area contributed by atoms with Crippen LogP contribution in [0.5, 0.6) is 11.9 Å². The number of aromatic amines is 1. The lowest BCUT2D eigenvalue weighted by Gasteiger charge is -2.15. The van der Waals surface area contributed by atoms with E-state index < -0.39 is 12.0 Å². The maximum absolute atomic E-state index is 11.7. The molecule has 2 heterocycles. The number of ether oxygens (including phenoxy) is 2. The fourth-order valence-corrected chi connectivity index (χ4v) is 2.61. The number of nitrogens with two attached hydrogens (primary N) is 1. The fraction of sp³-hybridized carbons (Fsp3) is 0.125. The van der Waals surface area contributed by atoms with Crippen molar-refractivity contribution >= 4 is 37.7 Å². The average Bonchev–Trinajstić information content (AvgIpc) is 2.63. The molecular formula is C16H13Br2N5O4. The smallest absolute Gasteiger partial charge is 0.349 e. The second-order valence-corrected chi connectivity index (χ2v) is 7.04. The summed E-state index contributed by atoms with van der Waals surface area (Å²) in [7, 11) is 0. The van der Waals surface area contributed by atoms with Crippen LogP contribution in [0.4, 0.5) is 5.82 Å². The molecule has 2 aromatic heterocycles. The number of aromatic nitrogens is 4. The van der Waals surface area contributed by atoms with Gasteiger partial charge in [0.2, 0.25) is 12.2 Å². The number of benzene rings is 1. The zero-order chi connectivity index (χ0) is 19.4. The van der Waals surface area contributed by atoms with Gasteiger partial charge in [0, 0.05) is 16.9 Å². The van der Waals surface area contributed by atoms with E-state index in [-0.39, 0.29) is 24.3 Å². The molecule has 140 valence electrons. The van der Waals surface area contributed by atoms with Crippen LogP contribution in [0.15, 0.2) is 50.4 Å². The van der Waals surface area contributed by atoms with E-state index in [2.05, 4.69) is 51.8 Å². The number of aliphatic hydroxyl groups excluding tert-OH is 1. The third-order valence-corrected chi connectivity index (χ3v) is 4.20. The van der Waals surface area contributed by atoms with Crippen molar-refractivity contribution in [3.05, 3.63) is 56.1 Å². The molecule has 1 unspecified atom stereocenters. The second-order valence-electron chi connectivity index (χ2n) is 5.21. The molecule has 0 radical (unpaired) electrons. The van der Waals surface area contributed by atoms with Crippen LogP contribution in [0, 0.1) is 0 Å². The highest BCUT2D eigenvalue weighted by atomic mass is 79.9. The van der Waals surface area contributed by atoms with Crippen LogP contribution >= 0.6 is 31.9 Å². The van der Waals surface area contributed by atoms with Gasteiger partial charge < -0.3 is 20.3 Å². The molecule has 0 saturated carbocycles. The lowest BCUT2D eigenvalue weighted by Crippen LogP contribution is -2.26. The zero-order valence-corrected chi connectivity index (χ0v) is 16.8. The summed E-state index contributed by atoms with van der Waals surface area (Å²) in [6, 6.07) is 7.16. The number of rotatable bonds is 6.